The molecular formula is C21H18F4N2O2. The third-order valence-corrected chi connectivity index (χ3v) is 4.54. The maximum atomic E-state index is 13.5. The second kappa shape index (κ2) is 7.62. The van der Waals surface area contributed by atoms with Gasteiger partial charge in [-0.2, -0.15) is 13.2 Å². The summed E-state index contributed by atoms with van der Waals surface area (Å²) < 4.78 is 60.1. The van der Waals surface area contributed by atoms with E-state index < -0.39 is 23.5 Å². The first-order valence-corrected chi connectivity index (χ1v) is 8.64. The van der Waals surface area contributed by atoms with Crippen molar-refractivity contribution in [2.45, 2.75) is 20.0 Å². The third kappa shape index (κ3) is 3.96. The maximum Gasteiger partial charge on any atom is 0.418 e. The van der Waals surface area contributed by atoms with Crippen molar-refractivity contribution < 1.29 is 27.1 Å². The number of nitrogens with zero attached hydrogens (tertiary/aromatic N) is 1. The Hall–Kier alpha value is -3.29. The first-order chi connectivity index (χ1) is 13.6. The second-order valence-corrected chi connectivity index (χ2v) is 6.44. The number of amides is 1. The molecule has 1 heterocycles. The summed E-state index contributed by atoms with van der Waals surface area (Å²) in [5.41, 5.74) is 0.484. The summed E-state index contributed by atoms with van der Waals surface area (Å²) in [4.78, 5) is 12.7. The Bertz CT molecular complexity index is 1070. The molecule has 2 aromatic carbocycles. The molecule has 0 fully saturated rings. The van der Waals surface area contributed by atoms with Gasteiger partial charge in [-0.1, -0.05) is 12.1 Å². The minimum atomic E-state index is -4.53. The van der Waals surface area contributed by atoms with E-state index in [9.17, 15) is 22.4 Å². The van der Waals surface area contributed by atoms with Gasteiger partial charge in [0.05, 0.1) is 23.9 Å². The highest BCUT2D eigenvalue weighted by Gasteiger charge is 2.34. The number of aromatic nitrogens is 1. The van der Waals surface area contributed by atoms with Crippen LogP contribution >= 0.6 is 0 Å². The monoisotopic (exact) mass is 406 g/mol. The Kier molecular flexibility index (Phi) is 5.37. The van der Waals surface area contributed by atoms with Crippen molar-refractivity contribution in [3.05, 3.63) is 76.9 Å². The van der Waals surface area contributed by atoms with Gasteiger partial charge in [-0.05, 0) is 44.2 Å². The molecule has 0 atom stereocenters. The summed E-state index contributed by atoms with van der Waals surface area (Å²) in [7, 11) is 1.30. The maximum absolute atomic E-state index is 13.5. The fourth-order valence-corrected chi connectivity index (χ4v) is 3.21. The van der Waals surface area contributed by atoms with Gasteiger partial charge >= 0.3 is 6.18 Å². The van der Waals surface area contributed by atoms with Crippen molar-refractivity contribution in [3.63, 3.8) is 0 Å². The highest BCUT2D eigenvalue weighted by molar-refractivity contribution is 6.05. The number of carbonyl (C=O) groups excluding carboxylic acids is 1. The smallest absolute Gasteiger partial charge is 0.418 e. The molecule has 0 aliphatic carbocycles. The predicted molar refractivity (Wildman–Crippen MR) is 101 cm³/mol. The number of halogens is 4. The number of benzene rings is 2. The standard InChI is InChI=1S/C21H18F4N2O2/c1-12-10-15(20(28)26-14-8-9-17(22)19(11-14)29-3)13(2)27(12)18-7-5-4-6-16(18)21(23,24)25/h4-11H,1-3H3,(H,26,28). The topological polar surface area (TPSA) is 43.3 Å². The average Bonchev–Trinajstić information content (AvgIpc) is 2.96. The Morgan fingerprint density at radius 3 is 2.41 bits per heavy atom. The first-order valence-electron chi connectivity index (χ1n) is 8.64. The van der Waals surface area contributed by atoms with Gasteiger partial charge in [-0.3, -0.25) is 4.79 Å². The predicted octanol–water partition coefficient (Wildman–Crippen LogP) is 5.51. The molecule has 3 rings (SSSR count). The summed E-state index contributed by atoms with van der Waals surface area (Å²) >= 11 is 0. The summed E-state index contributed by atoms with van der Waals surface area (Å²) in [5.74, 6) is -1.14. The molecule has 1 N–H and O–H groups in total. The number of rotatable bonds is 4. The van der Waals surface area contributed by atoms with Crippen molar-refractivity contribution >= 4 is 11.6 Å². The number of aryl methyl sites for hydroxylation is 1. The van der Waals surface area contributed by atoms with E-state index in [0.717, 1.165) is 12.1 Å². The molecule has 4 nitrogen and oxygen atoms in total. The quantitative estimate of drug-likeness (QED) is 0.581. The zero-order valence-electron chi connectivity index (χ0n) is 15.9. The second-order valence-electron chi connectivity index (χ2n) is 6.44. The number of nitrogens with one attached hydrogen (secondary N) is 1. The fourth-order valence-electron chi connectivity index (χ4n) is 3.21. The van der Waals surface area contributed by atoms with Crippen LogP contribution in [0.25, 0.3) is 5.69 Å². The van der Waals surface area contributed by atoms with Gasteiger partial charge in [0.15, 0.2) is 11.6 Å². The van der Waals surface area contributed by atoms with Crippen LogP contribution in [0.2, 0.25) is 0 Å². The van der Waals surface area contributed by atoms with Crippen molar-refractivity contribution in [1.29, 1.82) is 0 Å². The van der Waals surface area contributed by atoms with Gasteiger partial charge in [-0.25, -0.2) is 4.39 Å². The van der Waals surface area contributed by atoms with Crippen LogP contribution in [0.3, 0.4) is 0 Å². The van der Waals surface area contributed by atoms with Gasteiger partial charge in [0.1, 0.15) is 0 Å². The Morgan fingerprint density at radius 1 is 1.07 bits per heavy atom. The molecule has 0 saturated heterocycles. The number of methoxy groups -OCH3 is 1. The summed E-state index contributed by atoms with van der Waals surface area (Å²) in [5, 5.41) is 2.62. The first kappa shape index (κ1) is 20.4. The molecule has 1 aromatic heterocycles. The van der Waals surface area contributed by atoms with Crippen molar-refractivity contribution in [1.82, 2.24) is 4.57 Å². The fraction of sp³-hybridized carbons (Fsp3) is 0.190. The van der Waals surface area contributed by atoms with E-state index in [1.54, 1.807) is 13.8 Å². The van der Waals surface area contributed by atoms with Gasteiger partial charge in [0, 0.05) is 23.1 Å². The lowest BCUT2D eigenvalue weighted by Crippen LogP contribution is -2.15. The highest BCUT2D eigenvalue weighted by atomic mass is 19.4. The summed E-state index contributed by atoms with van der Waals surface area (Å²) in [6, 6.07) is 10.5. The molecule has 0 saturated carbocycles. The summed E-state index contributed by atoms with van der Waals surface area (Å²) in [6.45, 7) is 3.19. The number of anilines is 1. The zero-order chi connectivity index (χ0) is 21.3. The molecule has 29 heavy (non-hydrogen) atoms. The highest BCUT2D eigenvalue weighted by Crippen LogP contribution is 2.35. The van der Waals surface area contributed by atoms with Crippen LogP contribution < -0.4 is 10.1 Å². The normalized spacial score (nSPS) is 11.4. The minimum Gasteiger partial charge on any atom is -0.494 e. The van der Waals surface area contributed by atoms with E-state index >= 15 is 0 Å². The van der Waals surface area contributed by atoms with E-state index in [0.29, 0.717) is 17.1 Å². The zero-order valence-corrected chi connectivity index (χ0v) is 15.9. The van der Waals surface area contributed by atoms with Crippen LogP contribution in [0.4, 0.5) is 23.2 Å². The van der Waals surface area contributed by atoms with E-state index in [-0.39, 0.29) is 17.0 Å². The third-order valence-electron chi connectivity index (χ3n) is 4.54. The molecule has 0 aliphatic rings. The lowest BCUT2D eigenvalue weighted by molar-refractivity contribution is -0.137. The van der Waals surface area contributed by atoms with Crippen molar-refractivity contribution in [2.75, 3.05) is 12.4 Å². The van der Waals surface area contributed by atoms with E-state index in [2.05, 4.69) is 5.32 Å². The Morgan fingerprint density at radius 2 is 1.76 bits per heavy atom. The Balaban J connectivity index is 2.00. The van der Waals surface area contributed by atoms with Crippen LogP contribution in [0.5, 0.6) is 5.75 Å². The van der Waals surface area contributed by atoms with E-state index in [4.69, 9.17) is 4.74 Å². The van der Waals surface area contributed by atoms with E-state index in [1.807, 2.05) is 0 Å². The molecular weight excluding hydrogens is 388 g/mol. The van der Waals surface area contributed by atoms with Crippen LogP contribution in [0, 0.1) is 19.7 Å². The van der Waals surface area contributed by atoms with E-state index in [1.165, 1.54) is 48.1 Å². The lowest BCUT2D eigenvalue weighted by Gasteiger charge is -2.17. The molecule has 8 heteroatoms. The largest absolute Gasteiger partial charge is 0.494 e. The number of para-hydroxylation sites is 1. The number of carbonyl (C=O) groups is 1. The number of alkyl halides is 3. The van der Waals surface area contributed by atoms with Gasteiger partial charge in [-0.15, -0.1) is 0 Å². The molecule has 0 spiro atoms. The lowest BCUT2D eigenvalue weighted by atomic mass is 10.1. The molecule has 0 radical (unpaired) electrons. The van der Waals surface area contributed by atoms with Crippen LogP contribution in [-0.2, 0) is 6.18 Å². The molecule has 0 aliphatic heterocycles. The van der Waals surface area contributed by atoms with Gasteiger partial charge in [0.25, 0.3) is 5.91 Å². The SMILES string of the molecule is COc1cc(NC(=O)c2cc(C)n(-c3ccccc3C(F)(F)F)c2C)ccc1F. The van der Waals surface area contributed by atoms with Gasteiger partial charge in [0.2, 0.25) is 0 Å². The number of ether oxygens (including phenoxy) is 1. The van der Waals surface area contributed by atoms with Crippen LogP contribution in [-0.4, -0.2) is 17.6 Å². The Labute approximate surface area is 164 Å². The van der Waals surface area contributed by atoms with Crippen molar-refractivity contribution in [3.8, 4) is 11.4 Å². The van der Waals surface area contributed by atoms with Crippen LogP contribution in [0.1, 0.15) is 27.3 Å². The van der Waals surface area contributed by atoms with Crippen LogP contribution in [0.15, 0.2) is 48.5 Å². The molecule has 1 amide bonds. The molecule has 152 valence electrons. The minimum absolute atomic E-state index is 0.0348. The van der Waals surface area contributed by atoms with Crippen molar-refractivity contribution in [2.24, 2.45) is 0 Å². The molecule has 0 unspecified atom stereocenters. The van der Waals surface area contributed by atoms with Gasteiger partial charge < -0.3 is 14.6 Å². The molecule has 0 bridgehead atoms. The molecule has 3 aromatic rings. The number of hydrogen-bond acceptors (Lipinski definition) is 2. The number of hydrogen-bond donors (Lipinski definition) is 1. The summed E-state index contributed by atoms with van der Waals surface area (Å²) in [6.07, 6.45) is -4.53. The average molecular weight is 406 g/mol.